The van der Waals surface area contributed by atoms with Crippen LogP contribution < -0.4 is 5.32 Å². The predicted molar refractivity (Wildman–Crippen MR) is 96.9 cm³/mol. The van der Waals surface area contributed by atoms with Crippen LogP contribution in [0.2, 0.25) is 0 Å². The second-order valence-electron chi connectivity index (χ2n) is 5.96. The molecule has 0 aliphatic carbocycles. The van der Waals surface area contributed by atoms with E-state index in [1.807, 2.05) is 67.6 Å². The standard InChI is InChI=1S/C20H24N2O3/c1-15(21-20(24)25-14-17-10-6-4-7-11-17)19(23)22(3)16(2)18-12-8-5-9-13-18/h4-13,15-16H,14H2,1-3H3,(H,21,24)/t15-,16-/m0/s1. The van der Waals surface area contributed by atoms with E-state index >= 15 is 0 Å². The van der Waals surface area contributed by atoms with E-state index in [0.717, 1.165) is 11.1 Å². The Kier molecular flexibility index (Phi) is 6.57. The highest BCUT2D eigenvalue weighted by Gasteiger charge is 2.24. The summed E-state index contributed by atoms with van der Waals surface area (Å²) in [4.78, 5) is 26.0. The molecule has 2 rings (SSSR count). The average Bonchev–Trinajstić information content (AvgIpc) is 2.66. The maximum Gasteiger partial charge on any atom is 0.408 e. The first kappa shape index (κ1) is 18.5. The molecule has 132 valence electrons. The zero-order chi connectivity index (χ0) is 18.2. The van der Waals surface area contributed by atoms with E-state index in [4.69, 9.17) is 4.74 Å². The number of alkyl carbamates (subject to hydrolysis) is 1. The van der Waals surface area contributed by atoms with E-state index in [-0.39, 0.29) is 18.6 Å². The van der Waals surface area contributed by atoms with Gasteiger partial charge in [0.25, 0.3) is 0 Å². The van der Waals surface area contributed by atoms with Crippen molar-refractivity contribution >= 4 is 12.0 Å². The number of nitrogens with zero attached hydrogens (tertiary/aromatic N) is 1. The second-order valence-corrected chi connectivity index (χ2v) is 5.96. The van der Waals surface area contributed by atoms with Crippen molar-refractivity contribution in [3.63, 3.8) is 0 Å². The summed E-state index contributed by atoms with van der Waals surface area (Å²) in [5.74, 6) is -0.173. The van der Waals surface area contributed by atoms with Crippen LogP contribution in [0.5, 0.6) is 0 Å². The van der Waals surface area contributed by atoms with Crippen LogP contribution in [0, 0.1) is 0 Å². The van der Waals surface area contributed by atoms with Crippen LogP contribution in [-0.4, -0.2) is 30.0 Å². The van der Waals surface area contributed by atoms with Crippen LogP contribution in [0.1, 0.15) is 31.0 Å². The Morgan fingerprint density at radius 1 is 1.00 bits per heavy atom. The molecule has 2 amide bonds. The molecule has 0 fully saturated rings. The highest BCUT2D eigenvalue weighted by atomic mass is 16.5. The van der Waals surface area contributed by atoms with Crippen LogP contribution in [-0.2, 0) is 16.1 Å². The van der Waals surface area contributed by atoms with Crippen LogP contribution in [0.25, 0.3) is 0 Å². The van der Waals surface area contributed by atoms with Crippen molar-refractivity contribution in [1.29, 1.82) is 0 Å². The number of hydrogen-bond acceptors (Lipinski definition) is 3. The smallest absolute Gasteiger partial charge is 0.408 e. The van der Waals surface area contributed by atoms with Gasteiger partial charge in [-0.15, -0.1) is 0 Å². The molecule has 0 heterocycles. The number of benzene rings is 2. The first-order chi connectivity index (χ1) is 12.0. The Morgan fingerprint density at radius 2 is 1.56 bits per heavy atom. The monoisotopic (exact) mass is 340 g/mol. The summed E-state index contributed by atoms with van der Waals surface area (Å²) in [5, 5.41) is 2.58. The summed E-state index contributed by atoms with van der Waals surface area (Å²) in [5.41, 5.74) is 1.93. The van der Waals surface area contributed by atoms with Gasteiger partial charge in [-0.1, -0.05) is 60.7 Å². The number of ether oxygens (including phenoxy) is 1. The highest BCUT2D eigenvalue weighted by Crippen LogP contribution is 2.18. The average molecular weight is 340 g/mol. The topological polar surface area (TPSA) is 58.6 Å². The molecular weight excluding hydrogens is 316 g/mol. The van der Waals surface area contributed by atoms with Crippen molar-refractivity contribution in [1.82, 2.24) is 10.2 Å². The molecule has 2 aromatic rings. The highest BCUT2D eigenvalue weighted by molar-refractivity contribution is 5.85. The molecule has 2 atom stereocenters. The summed E-state index contributed by atoms with van der Waals surface area (Å²) >= 11 is 0. The van der Waals surface area contributed by atoms with Gasteiger partial charge in [-0.25, -0.2) is 4.79 Å². The molecule has 25 heavy (non-hydrogen) atoms. The van der Waals surface area contributed by atoms with E-state index in [9.17, 15) is 9.59 Å². The SMILES string of the molecule is C[C@H](NC(=O)OCc1ccccc1)C(=O)N(C)[C@@H](C)c1ccccc1. The van der Waals surface area contributed by atoms with Gasteiger partial charge in [0, 0.05) is 7.05 Å². The van der Waals surface area contributed by atoms with E-state index < -0.39 is 12.1 Å². The molecule has 0 radical (unpaired) electrons. The van der Waals surface area contributed by atoms with Gasteiger partial charge >= 0.3 is 6.09 Å². The van der Waals surface area contributed by atoms with Crippen molar-refractivity contribution in [3.8, 4) is 0 Å². The molecular formula is C20H24N2O3. The fraction of sp³-hybridized carbons (Fsp3) is 0.300. The molecule has 0 saturated heterocycles. The minimum Gasteiger partial charge on any atom is -0.445 e. The minimum absolute atomic E-state index is 0.0849. The Hall–Kier alpha value is -2.82. The lowest BCUT2D eigenvalue weighted by Gasteiger charge is -2.28. The van der Waals surface area contributed by atoms with Gasteiger partial charge in [-0.05, 0) is 25.0 Å². The molecule has 2 aromatic carbocycles. The molecule has 1 N–H and O–H groups in total. The fourth-order valence-electron chi connectivity index (χ4n) is 2.45. The van der Waals surface area contributed by atoms with Gasteiger partial charge in [0.15, 0.2) is 0 Å². The van der Waals surface area contributed by atoms with Crippen molar-refractivity contribution in [2.24, 2.45) is 0 Å². The summed E-state index contributed by atoms with van der Waals surface area (Å²) in [6, 6.07) is 18.4. The van der Waals surface area contributed by atoms with Gasteiger partial charge in [0.05, 0.1) is 6.04 Å². The van der Waals surface area contributed by atoms with Crippen LogP contribution in [0.15, 0.2) is 60.7 Å². The molecule has 0 bridgehead atoms. The van der Waals surface area contributed by atoms with Crippen LogP contribution >= 0.6 is 0 Å². The largest absolute Gasteiger partial charge is 0.445 e. The van der Waals surface area contributed by atoms with E-state index in [1.54, 1.807) is 18.9 Å². The van der Waals surface area contributed by atoms with Crippen molar-refractivity contribution in [3.05, 3.63) is 71.8 Å². The Balaban J connectivity index is 1.85. The van der Waals surface area contributed by atoms with Crippen molar-refractivity contribution < 1.29 is 14.3 Å². The molecule has 5 heteroatoms. The zero-order valence-corrected chi connectivity index (χ0v) is 14.8. The molecule has 0 aliphatic heterocycles. The third kappa shape index (κ3) is 5.35. The number of carbonyl (C=O) groups is 2. The number of hydrogen-bond donors (Lipinski definition) is 1. The molecule has 0 saturated carbocycles. The third-order valence-electron chi connectivity index (χ3n) is 4.13. The number of likely N-dealkylation sites (N-methyl/N-ethyl adjacent to an activating group) is 1. The Morgan fingerprint density at radius 3 is 2.16 bits per heavy atom. The van der Waals surface area contributed by atoms with Gasteiger partial charge < -0.3 is 15.0 Å². The minimum atomic E-state index is -0.667. The van der Waals surface area contributed by atoms with E-state index in [2.05, 4.69) is 5.32 Å². The molecule has 0 spiro atoms. The number of carbonyl (C=O) groups excluding carboxylic acids is 2. The van der Waals surface area contributed by atoms with Gasteiger partial charge in [-0.3, -0.25) is 4.79 Å². The van der Waals surface area contributed by atoms with Crippen molar-refractivity contribution in [2.45, 2.75) is 32.5 Å². The lowest BCUT2D eigenvalue weighted by Crippen LogP contribution is -2.46. The summed E-state index contributed by atoms with van der Waals surface area (Å²) in [7, 11) is 1.73. The first-order valence-corrected chi connectivity index (χ1v) is 8.28. The summed E-state index contributed by atoms with van der Waals surface area (Å²) in [6.07, 6.45) is -0.606. The maximum atomic E-state index is 12.5. The Labute approximate surface area is 148 Å². The van der Waals surface area contributed by atoms with Gasteiger partial charge in [0.2, 0.25) is 5.91 Å². The predicted octanol–water partition coefficient (Wildman–Crippen LogP) is 3.52. The summed E-state index contributed by atoms with van der Waals surface area (Å²) < 4.78 is 5.15. The van der Waals surface area contributed by atoms with Crippen molar-refractivity contribution in [2.75, 3.05) is 7.05 Å². The quantitative estimate of drug-likeness (QED) is 0.875. The first-order valence-electron chi connectivity index (χ1n) is 8.28. The fourth-order valence-corrected chi connectivity index (χ4v) is 2.45. The van der Waals surface area contributed by atoms with Crippen LogP contribution in [0.4, 0.5) is 4.79 Å². The lowest BCUT2D eigenvalue weighted by molar-refractivity contribution is -0.133. The second kappa shape index (κ2) is 8.87. The molecule has 0 aromatic heterocycles. The molecule has 0 unspecified atom stereocenters. The Bertz CT molecular complexity index is 689. The summed E-state index contributed by atoms with van der Waals surface area (Å²) in [6.45, 7) is 3.78. The number of amides is 2. The number of nitrogens with one attached hydrogen (secondary N) is 1. The normalized spacial score (nSPS) is 12.8. The lowest BCUT2D eigenvalue weighted by atomic mass is 10.1. The van der Waals surface area contributed by atoms with Crippen LogP contribution in [0.3, 0.4) is 0 Å². The van der Waals surface area contributed by atoms with Gasteiger partial charge in [-0.2, -0.15) is 0 Å². The molecule has 5 nitrogen and oxygen atoms in total. The molecule has 0 aliphatic rings. The van der Waals surface area contributed by atoms with E-state index in [0.29, 0.717) is 0 Å². The zero-order valence-electron chi connectivity index (χ0n) is 14.8. The number of rotatable bonds is 6. The van der Waals surface area contributed by atoms with Gasteiger partial charge in [0.1, 0.15) is 12.6 Å². The maximum absolute atomic E-state index is 12.5. The third-order valence-corrected chi connectivity index (χ3v) is 4.13. The van der Waals surface area contributed by atoms with E-state index in [1.165, 1.54) is 0 Å².